The highest BCUT2D eigenvalue weighted by Crippen LogP contribution is 2.28. The molecule has 0 aliphatic carbocycles. The predicted octanol–water partition coefficient (Wildman–Crippen LogP) is 4.57. The molecule has 3 rings (SSSR count). The van der Waals surface area contributed by atoms with E-state index in [1.54, 1.807) is 6.33 Å². The lowest BCUT2D eigenvalue weighted by atomic mass is 10.1. The summed E-state index contributed by atoms with van der Waals surface area (Å²) in [6, 6.07) is 16.5. The van der Waals surface area contributed by atoms with E-state index in [0.29, 0.717) is 0 Å². The van der Waals surface area contributed by atoms with Gasteiger partial charge in [0.25, 0.3) is 0 Å². The van der Waals surface area contributed by atoms with E-state index in [4.69, 9.17) is 0 Å². The molecular formula is C16H14BrN3. The maximum atomic E-state index is 4.37. The van der Waals surface area contributed by atoms with Gasteiger partial charge in [0.05, 0.1) is 5.52 Å². The number of rotatable bonds is 3. The molecule has 3 aromatic rings. The number of para-hydroxylation sites is 1. The van der Waals surface area contributed by atoms with E-state index in [-0.39, 0.29) is 6.04 Å². The quantitative estimate of drug-likeness (QED) is 0.765. The molecule has 1 heterocycles. The number of nitrogens with one attached hydrogen (secondary N) is 1. The van der Waals surface area contributed by atoms with E-state index in [1.807, 2.05) is 36.4 Å². The van der Waals surface area contributed by atoms with Crippen molar-refractivity contribution < 1.29 is 0 Å². The Bertz CT molecular complexity index is 728. The van der Waals surface area contributed by atoms with Crippen LogP contribution in [0.3, 0.4) is 0 Å². The van der Waals surface area contributed by atoms with Crippen LogP contribution in [-0.4, -0.2) is 9.97 Å². The van der Waals surface area contributed by atoms with Crippen LogP contribution >= 0.6 is 15.9 Å². The van der Waals surface area contributed by atoms with E-state index in [1.165, 1.54) is 5.56 Å². The molecule has 1 aromatic heterocycles. The van der Waals surface area contributed by atoms with Gasteiger partial charge in [-0.3, -0.25) is 0 Å². The van der Waals surface area contributed by atoms with Crippen LogP contribution in [0.5, 0.6) is 0 Å². The van der Waals surface area contributed by atoms with E-state index in [0.717, 1.165) is 21.2 Å². The Kier molecular flexibility index (Phi) is 3.65. The van der Waals surface area contributed by atoms with E-state index in [2.05, 4.69) is 50.3 Å². The second kappa shape index (κ2) is 5.59. The fourth-order valence-corrected chi connectivity index (χ4v) is 2.67. The van der Waals surface area contributed by atoms with Gasteiger partial charge in [0.1, 0.15) is 12.1 Å². The van der Waals surface area contributed by atoms with E-state index < -0.39 is 0 Å². The Labute approximate surface area is 126 Å². The second-order valence-electron chi connectivity index (χ2n) is 4.63. The van der Waals surface area contributed by atoms with Crippen molar-refractivity contribution in [3.05, 3.63) is 64.9 Å². The van der Waals surface area contributed by atoms with Crippen molar-refractivity contribution in [2.24, 2.45) is 0 Å². The average Bonchev–Trinajstić information content (AvgIpc) is 2.49. The molecule has 4 heteroatoms. The third-order valence-electron chi connectivity index (χ3n) is 3.27. The summed E-state index contributed by atoms with van der Waals surface area (Å²) in [4.78, 5) is 8.69. The largest absolute Gasteiger partial charge is 0.363 e. The summed E-state index contributed by atoms with van der Waals surface area (Å²) < 4.78 is 0.979. The first-order chi connectivity index (χ1) is 9.75. The summed E-state index contributed by atoms with van der Waals surface area (Å²) in [7, 11) is 0. The minimum Gasteiger partial charge on any atom is -0.363 e. The molecule has 0 aliphatic rings. The van der Waals surface area contributed by atoms with Gasteiger partial charge in [0.15, 0.2) is 0 Å². The number of aromatic nitrogens is 2. The van der Waals surface area contributed by atoms with Crippen LogP contribution in [0.1, 0.15) is 18.5 Å². The Balaban J connectivity index is 1.97. The molecule has 0 spiro atoms. The Hall–Kier alpha value is -1.94. The minimum atomic E-state index is 0.188. The Morgan fingerprint density at radius 3 is 2.60 bits per heavy atom. The fraction of sp³-hybridized carbons (Fsp3) is 0.125. The third kappa shape index (κ3) is 2.51. The highest BCUT2D eigenvalue weighted by Gasteiger charge is 2.10. The first-order valence-corrected chi connectivity index (χ1v) is 7.25. The van der Waals surface area contributed by atoms with Gasteiger partial charge in [-0.15, -0.1) is 0 Å². The zero-order valence-electron chi connectivity index (χ0n) is 11.0. The van der Waals surface area contributed by atoms with Gasteiger partial charge in [-0.1, -0.05) is 36.4 Å². The maximum Gasteiger partial charge on any atom is 0.137 e. The summed E-state index contributed by atoms with van der Waals surface area (Å²) >= 11 is 3.52. The number of benzene rings is 2. The van der Waals surface area contributed by atoms with Gasteiger partial charge in [-0.25, -0.2) is 9.97 Å². The molecule has 0 fully saturated rings. The maximum absolute atomic E-state index is 4.37. The van der Waals surface area contributed by atoms with Crippen LogP contribution in [0.4, 0.5) is 5.82 Å². The van der Waals surface area contributed by atoms with Crippen LogP contribution in [0.25, 0.3) is 10.9 Å². The molecule has 1 atom stereocenters. The zero-order chi connectivity index (χ0) is 13.9. The molecule has 1 unspecified atom stereocenters. The van der Waals surface area contributed by atoms with Gasteiger partial charge >= 0.3 is 0 Å². The first kappa shape index (κ1) is 13.1. The second-order valence-corrected chi connectivity index (χ2v) is 5.49. The lowest BCUT2D eigenvalue weighted by Gasteiger charge is -2.16. The van der Waals surface area contributed by atoms with E-state index >= 15 is 0 Å². The number of halogens is 1. The van der Waals surface area contributed by atoms with Crippen LogP contribution in [-0.2, 0) is 0 Å². The molecule has 20 heavy (non-hydrogen) atoms. The molecule has 1 N–H and O–H groups in total. The molecule has 0 aliphatic heterocycles. The number of anilines is 1. The number of fused-ring (bicyclic) bond motifs is 1. The molecule has 0 amide bonds. The molecule has 3 nitrogen and oxygen atoms in total. The van der Waals surface area contributed by atoms with Crippen molar-refractivity contribution in [3.8, 4) is 0 Å². The Morgan fingerprint density at radius 2 is 1.80 bits per heavy atom. The highest BCUT2D eigenvalue weighted by atomic mass is 79.9. The van der Waals surface area contributed by atoms with Crippen molar-refractivity contribution in [2.45, 2.75) is 13.0 Å². The van der Waals surface area contributed by atoms with Crippen molar-refractivity contribution >= 4 is 32.7 Å². The molecular weight excluding hydrogens is 314 g/mol. The van der Waals surface area contributed by atoms with Crippen molar-refractivity contribution in [1.29, 1.82) is 0 Å². The first-order valence-electron chi connectivity index (χ1n) is 6.46. The van der Waals surface area contributed by atoms with E-state index in [9.17, 15) is 0 Å². The zero-order valence-corrected chi connectivity index (χ0v) is 12.6. The van der Waals surface area contributed by atoms with Crippen LogP contribution in [0, 0.1) is 0 Å². The van der Waals surface area contributed by atoms with Gasteiger partial charge in [-0.2, -0.15) is 0 Å². The summed E-state index contributed by atoms with van der Waals surface area (Å²) in [6.07, 6.45) is 1.59. The highest BCUT2D eigenvalue weighted by molar-refractivity contribution is 9.10. The molecule has 2 aromatic carbocycles. The summed E-state index contributed by atoms with van der Waals surface area (Å²) in [6.45, 7) is 2.13. The number of hydrogen-bond donors (Lipinski definition) is 1. The van der Waals surface area contributed by atoms with Crippen LogP contribution in [0.2, 0.25) is 0 Å². The molecule has 0 bridgehead atoms. The van der Waals surface area contributed by atoms with Gasteiger partial charge in [0, 0.05) is 15.9 Å². The predicted molar refractivity (Wildman–Crippen MR) is 85.7 cm³/mol. The molecule has 0 saturated carbocycles. The molecule has 0 saturated heterocycles. The van der Waals surface area contributed by atoms with Gasteiger partial charge < -0.3 is 5.32 Å². The standard InChI is InChI=1S/C16H14BrN3/c1-11(12-6-3-2-4-7-12)20-16-13-8-5-9-14(17)15(13)18-10-19-16/h2-11H,1H3,(H,18,19,20). The number of nitrogens with zero attached hydrogens (tertiary/aromatic N) is 2. The number of hydrogen-bond acceptors (Lipinski definition) is 3. The fourth-order valence-electron chi connectivity index (χ4n) is 2.20. The summed E-state index contributed by atoms with van der Waals surface area (Å²) in [5.41, 5.74) is 2.15. The van der Waals surface area contributed by atoms with Crippen molar-refractivity contribution in [3.63, 3.8) is 0 Å². The molecule has 0 radical (unpaired) electrons. The smallest absolute Gasteiger partial charge is 0.137 e. The summed E-state index contributed by atoms with van der Waals surface area (Å²) in [5.74, 6) is 0.854. The molecule has 100 valence electrons. The van der Waals surface area contributed by atoms with Gasteiger partial charge in [-0.05, 0) is 40.5 Å². The lowest BCUT2D eigenvalue weighted by Crippen LogP contribution is -2.08. The Morgan fingerprint density at radius 1 is 1.00 bits per heavy atom. The van der Waals surface area contributed by atoms with Crippen molar-refractivity contribution in [1.82, 2.24) is 9.97 Å². The van der Waals surface area contributed by atoms with Crippen LogP contribution < -0.4 is 5.32 Å². The SMILES string of the molecule is CC(Nc1ncnc2c(Br)cccc12)c1ccccc1. The monoisotopic (exact) mass is 327 g/mol. The van der Waals surface area contributed by atoms with Crippen LogP contribution in [0.15, 0.2) is 59.3 Å². The topological polar surface area (TPSA) is 37.8 Å². The van der Waals surface area contributed by atoms with Crippen molar-refractivity contribution in [2.75, 3.05) is 5.32 Å². The normalized spacial score (nSPS) is 12.3. The van der Waals surface area contributed by atoms with Gasteiger partial charge in [0.2, 0.25) is 0 Å². The average molecular weight is 328 g/mol. The summed E-state index contributed by atoms with van der Waals surface area (Å²) in [5, 5.41) is 4.47. The third-order valence-corrected chi connectivity index (χ3v) is 3.91. The lowest BCUT2D eigenvalue weighted by molar-refractivity contribution is 0.876. The minimum absolute atomic E-state index is 0.188.